The molecule has 4 nitrogen and oxygen atoms in total. The number of amides is 2. The highest BCUT2D eigenvalue weighted by Gasteiger charge is 2.04. The molecule has 16 heavy (non-hydrogen) atoms. The first kappa shape index (κ1) is 12.1. The van der Waals surface area contributed by atoms with Crippen molar-refractivity contribution in [2.75, 3.05) is 13.6 Å². The average molecular weight is 217 g/mol. The summed E-state index contributed by atoms with van der Waals surface area (Å²) in [4.78, 5) is 13.0. The summed E-state index contributed by atoms with van der Waals surface area (Å²) in [6.07, 6.45) is 0. The fourth-order valence-corrected chi connectivity index (χ4v) is 1.15. The highest BCUT2D eigenvalue weighted by Crippen LogP contribution is 2.02. The molecule has 0 unspecified atom stereocenters. The third-order valence-electron chi connectivity index (χ3n) is 2.35. The minimum Gasteiger partial charge on any atom is -0.334 e. The van der Waals surface area contributed by atoms with Gasteiger partial charge in [0.05, 0.1) is 11.6 Å². The maximum atomic E-state index is 11.4. The molecule has 1 rings (SSSR count). The number of urea groups is 1. The van der Waals surface area contributed by atoms with Crippen molar-refractivity contribution in [3.63, 3.8) is 0 Å². The van der Waals surface area contributed by atoms with Crippen LogP contribution in [-0.2, 0) is 6.54 Å². The molecule has 0 saturated heterocycles. The molecule has 0 bridgehead atoms. The molecular formula is C12H15N3O. The van der Waals surface area contributed by atoms with Gasteiger partial charge in [-0.1, -0.05) is 12.1 Å². The first-order chi connectivity index (χ1) is 7.67. The zero-order chi connectivity index (χ0) is 12.0. The predicted octanol–water partition coefficient (Wildman–Crippen LogP) is 1.72. The van der Waals surface area contributed by atoms with Crippen molar-refractivity contribution in [3.05, 3.63) is 35.4 Å². The smallest absolute Gasteiger partial charge is 0.317 e. The Morgan fingerprint density at radius 1 is 1.44 bits per heavy atom. The summed E-state index contributed by atoms with van der Waals surface area (Å²) < 4.78 is 0. The number of hydrogen-bond donors (Lipinski definition) is 1. The molecule has 0 saturated carbocycles. The maximum Gasteiger partial charge on any atom is 0.317 e. The van der Waals surface area contributed by atoms with E-state index in [1.807, 2.05) is 19.1 Å². The first-order valence-corrected chi connectivity index (χ1v) is 5.15. The van der Waals surface area contributed by atoms with Gasteiger partial charge in [0.2, 0.25) is 0 Å². The van der Waals surface area contributed by atoms with Crippen LogP contribution in [0.25, 0.3) is 0 Å². The highest BCUT2D eigenvalue weighted by atomic mass is 16.2. The van der Waals surface area contributed by atoms with Crippen LogP contribution < -0.4 is 5.32 Å². The van der Waals surface area contributed by atoms with E-state index in [4.69, 9.17) is 5.26 Å². The van der Waals surface area contributed by atoms with E-state index >= 15 is 0 Å². The second kappa shape index (κ2) is 5.76. The first-order valence-electron chi connectivity index (χ1n) is 5.15. The highest BCUT2D eigenvalue weighted by molar-refractivity contribution is 5.73. The van der Waals surface area contributed by atoms with Gasteiger partial charge in [-0.2, -0.15) is 5.26 Å². The van der Waals surface area contributed by atoms with Crippen LogP contribution >= 0.6 is 0 Å². The fraction of sp³-hybridized carbons (Fsp3) is 0.333. The van der Waals surface area contributed by atoms with Crippen LogP contribution in [0.2, 0.25) is 0 Å². The molecule has 0 aliphatic carbocycles. The summed E-state index contributed by atoms with van der Waals surface area (Å²) in [6.45, 7) is 3.08. The summed E-state index contributed by atoms with van der Waals surface area (Å²) >= 11 is 0. The Hall–Kier alpha value is -2.02. The Kier molecular flexibility index (Phi) is 4.34. The third-order valence-corrected chi connectivity index (χ3v) is 2.35. The summed E-state index contributed by atoms with van der Waals surface area (Å²) in [5.74, 6) is 0. The lowest BCUT2D eigenvalue weighted by molar-refractivity contribution is 0.210. The molecule has 2 amide bonds. The largest absolute Gasteiger partial charge is 0.334 e. The molecule has 0 fully saturated rings. The lowest BCUT2D eigenvalue weighted by atomic mass is 10.1. The van der Waals surface area contributed by atoms with E-state index in [0.29, 0.717) is 18.7 Å². The Morgan fingerprint density at radius 3 is 2.56 bits per heavy atom. The number of nitriles is 1. The van der Waals surface area contributed by atoms with Crippen molar-refractivity contribution in [1.29, 1.82) is 5.26 Å². The summed E-state index contributed by atoms with van der Waals surface area (Å²) in [5.41, 5.74) is 1.61. The van der Waals surface area contributed by atoms with Gasteiger partial charge < -0.3 is 10.2 Å². The summed E-state index contributed by atoms with van der Waals surface area (Å²) in [7, 11) is 1.74. The third kappa shape index (κ3) is 3.28. The summed E-state index contributed by atoms with van der Waals surface area (Å²) in [5, 5.41) is 11.4. The van der Waals surface area contributed by atoms with Crippen LogP contribution in [0.3, 0.4) is 0 Å². The number of nitrogens with one attached hydrogen (secondary N) is 1. The topological polar surface area (TPSA) is 56.1 Å². The maximum absolute atomic E-state index is 11.4. The standard InChI is InChI=1S/C12H15N3O/c1-3-15(2)12(16)14-9-11-6-4-10(8-13)5-7-11/h4-7H,3,9H2,1-2H3,(H,14,16). The van der Waals surface area contributed by atoms with Crippen LogP contribution in [0, 0.1) is 11.3 Å². The fourth-order valence-electron chi connectivity index (χ4n) is 1.15. The molecule has 0 aromatic heterocycles. The molecule has 0 heterocycles. The van der Waals surface area contributed by atoms with Gasteiger partial charge in [-0.25, -0.2) is 4.79 Å². The molecule has 0 aliphatic heterocycles. The van der Waals surface area contributed by atoms with Crippen molar-refractivity contribution < 1.29 is 4.79 Å². The molecule has 0 radical (unpaired) electrons. The van der Waals surface area contributed by atoms with Gasteiger partial charge in [0.1, 0.15) is 0 Å². The Bertz CT molecular complexity index is 392. The lowest BCUT2D eigenvalue weighted by Crippen LogP contribution is -2.36. The van der Waals surface area contributed by atoms with Gasteiger partial charge in [-0.05, 0) is 24.6 Å². The van der Waals surface area contributed by atoms with E-state index in [-0.39, 0.29) is 6.03 Å². The van der Waals surface area contributed by atoms with Gasteiger partial charge in [-0.15, -0.1) is 0 Å². The van der Waals surface area contributed by atoms with E-state index in [0.717, 1.165) is 5.56 Å². The predicted molar refractivity (Wildman–Crippen MR) is 61.7 cm³/mol. The minimum atomic E-state index is -0.0909. The number of carbonyl (C=O) groups excluding carboxylic acids is 1. The second-order valence-electron chi connectivity index (χ2n) is 3.48. The molecule has 84 valence electrons. The summed E-state index contributed by atoms with van der Waals surface area (Å²) in [6, 6.07) is 9.12. The van der Waals surface area contributed by atoms with E-state index in [1.165, 1.54) is 0 Å². The number of rotatable bonds is 3. The van der Waals surface area contributed by atoms with Crippen molar-refractivity contribution in [3.8, 4) is 6.07 Å². The van der Waals surface area contributed by atoms with E-state index in [9.17, 15) is 4.79 Å². The van der Waals surface area contributed by atoms with Crippen molar-refractivity contribution in [2.24, 2.45) is 0 Å². The van der Waals surface area contributed by atoms with Crippen LogP contribution in [0.15, 0.2) is 24.3 Å². The molecule has 1 aromatic carbocycles. The quantitative estimate of drug-likeness (QED) is 0.838. The second-order valence-corrected chi connectivity index (χ2v) is 3.48. The monoisotopic (exact) mass is 217 g/mol. The van der Waals surface area contributed by atoms with Crippen LogP contribution in [0.5, 0.6) is 0 Å². The van der Waals surface area contributed by atoms with Gasteiger partial charge in [0.25, 0.3) is 0 Å². The number of carbonyl (C=O) groups is 1. The van der Waals surface area contributed by atoms with Crippen LogP contribution in [0.1, 0.15) is 18.1 Å². The van der Waals surface area contributed by atoms with Gasteiger partial charge in [0.15, 0.2) is 0 Å². The molecule has 0 aliphatic rings. The van der Waals surface area contributed by atoms with E-state index in [2.05, 4.69) is 11.4 Å². The zero-order valence-corrected chi connectivity index (χ0v) is 9.53. The van der Waals surface area contributed by atoms with Crippen molar-refractivity contribution >= 4 is 6.03 Å². The molecule has 1 N–H and O–H groups in total. The van der Waals surface area contributed by atoms with Crippen LogP contribution in [0.4, 0.5) is 4.79 Å². The van der Waals surface area contributed by atoms with E-state index in [1.54, 1.807) is 24.1 Å². The number of nitrogens with zero attached hydrogens (tertiary/aromatic N) is 2. The Labute approximate surface area is 95.5 Å². The van der Waals surface area contributed by atoms with Crippen molar-refractivity contribution in [2.45, 2.75) is 13.5 Å². The molecule has 0 spiro atoms. The van der Waals surface area contributed by atoms with Gasteiger partial charge in [-0.3, -0.25) is 0 Å². The number of benzene rings is 1. The van der Waals surface area contributed by atoms with Gasteiger partial charge in [0, 0.05) is 20.1 Å². The number of hydrogen-bond acceptors (Lipinski definition) is 2. The molecular weight excluding hydrogens is 202 g/mol. The Balaban J connectivity index is 2.49. The van der Waals surface area contributed by atoms with Crippen LogP contribution in [-0.4, -0.2) is 24.5 Å². The Morgan fingerprint density at radius 2 is 2.06 bits per heavy atom. The van der Waals surface area contributed by atoms with Crippen molar-refractivity contribution in [1.82, 2.24) is 10.2 Å². The zero-order valence-electron chi connectivity index (χ0n) is 9.53. The average Bonchev–Trinajstić information content (AvgIpc) is 2.35. The lowest BCUT2D eigenvalue weighted by Gasteiger charge is -2.15. The molecule has 0 atom stereocenters. The minimum absolute atomic E-state index is 0.0909. The van der Waals surface area contributed by atoms with E-state index < -0.39 is 0 Å². The molecule has 4 heteroatoms. The SMILES string of the molecule is CCN(C)C(=O)NCc1ccc(C#N)cc1. The normalized spacial score (nSPS) is 9.31. The molecule has 1 aromatic rings. The van der Waals surface area contributed by atoms with Gasteiger partial charge >= 0.3 is 6.03 Å².